The lowest BCUT2D eigenvalue weighted by molar-refractivity contribution is -0.125. The number of benzene rings is 2. The first-order valence-corrected chi connectivity index (χ1v) is 10.5. The Balaban J connectivity index is 1.36. The fourth-order valence-corrected chi connectivity index (χ4v) is 6.19. The molecule has 0 N–H and O–H groups in total. The number of carbonyl (C=O) groups is 2. The minimum absolute atomic E-state index is 0.00402. The highest BCUT2D eigenvalue weighted by atomic mass is 16.6. The van der Waals surface area contributed by atoms with Crippen LogP contribution >= 0.6 is 0 Å². The van der Waals surface area contributed by atoms with Gasteiger partial charge in [-0.1, -0.05) is 23.4 Å². The Hall–Kier alpha value is -3.35. The molecule has 31 heavy (non-hydrogen) atoms. The van der Waals surface area contributed by atoms with Crippen molar-refractivity contribution in [3.8, 4) is 11.5 Å². The maximum Gasteiger partial charge on any atom is 0.238 e. The van der Waals surface area contributed by atoms with E-state index >= 15 is 0 Å². The third-order valence-corrected chi connectivity index (χ3v) is 7.39. The molecule has 6 atom stereocenters. The highest BCUT2D eigenvalue weighted by molar-refractivity contribution is 6.23. The van der Waals surface area contributed by atoms with E-state index in [-0.39, 0.29) is 47.5 Å². The van der Waals surface area contributed by atoms with Crippen LogP contribution in [-0.4, -0.2) is 37.8 Å². The lowest BCUT2D eigenvalue weighted by Crippen LogP contribution is -2.41. The molecule has 2 bridgehead atoms. The van der Waals surface area contributed by atoms with Crippen LogP contribution in [0.4, 0.5) is 5.69 Å². The van der Waals surface area contributed by atoms with Crippen LogP contribution in [0.2, 0.25) is 0 Å². The second kappa shape index (κ2) is 6.57. The summed E-state index contributed by atoms with van der Waals surface area (Å²) in [4.78, 5) is 33.9. The van der Waals surface area contributed by atoms with Gasteiger partial charge in [-0.15, -0.1) is 0 Å². The van der Waals surface area contributed by atoms with Gasteiger partial charge in [-0.2, -0.15) is 0 Å². The predicted molar refractivity (Wildman–Crippen MR) is 112 cm³/mol. The van der Waals surface area contributed by atoms with Crippen LogP contribution in [0.5, 0.6) is 11.5 Å². The van der Waals surface area contributed by atoms with Crippen LogP contribution < -0.4 is 14.4 Å². The van der Waals surface area contributed by atoms with Gasteiger partial charge in [-0.3, -0.25) is 14.5 Å². The van der Waals surface area contributed by atoms with Crippen LogP contribution in [0.1, 0.15) is 12.0 Å². The lowest BCUT2D eigenvalue weighted by atomic mass is 9.71. The number of rotatable bonds is 4. The maximum atomic E-state index is 13.4. The lowest BCUT2D eigenvalue weighted by Gasteiger charge is -2.30. The second-order valence-corrected chi connectivity index (χ2v) is 8.60. The summed E-state index contributed by atoms with van der Waals surface area (Å²) in [5, 5.41) is 4.41. The molecule has 6 rings (SSSR count). The topological polar surface area (TPSA) is 77.4 Å². The third-order valence-electron chi connectivity index (χ3n) is 7.39. The first-order valence-electron chi connectivity index (χ1n) is 10.5. The molecule has 2 aromatic rings. The number of para-hydroxylation sites is 1. The van der Waals surface area contributed by atoms with E-state index in [0.717, 1.165) is 17.7 Å². The number of amides is 2. The molecule has 7 heteroatoms. The zero-order valence-electron chi connectivity index (χ0n) is 17.2. The second-order valence-electron chi connectivity index (χ2n) is 8.60. The van der Waals surface area contributed by atoms with Gasteiger partial charge in [-0.25, -0.2) is 0 Å². The normalized spacial score (nSPS) is 32.6. The summed E-state index contributed by atoms with van der Waals surface area (Å²) in [6.45, 7) is 0. The van der Waals surface area contributed by atoms with Crippen LogP contribution in [-0.2, 0) is 14.4 Å². The number of anilines is 1. The standard InChI is InChI=1S/C24H22N2O5/c1-29-13-8-9-14(17(10-13)30-2)21-20-15-11-16(22(20)31-25-21)19-18(15)23(27)26(24(19)28)12-6-4-3-5-7-12/h3-10,15-16,18-20,22H,11H2,1-2H3/t15-,16+,18+,19-,20-,22-/m1/s1. The van der Waals surface area contributed by atoms with E-state index < -0.39 is 0 Å². The molecular weight excluding hydrogens is 396 g/mol. The molecule has 2 amide bonds. The number of nitrogens with zero attached hydrogens (tertiary/aromatic N) is 2. The Morgan fingerprint density at radius 3 is 2.39 bits per heavy atom. The summed E-state index contributed by atoms with van der Waals surface area (Å²) < 4.78 is 10.9. The number of oxime groups is 1. The number of imide groups is 1. The minimum atomic E-state index is -0.328. The molecule has 0 unspecified atom stereocenters. The summed E-state index contributed by atoms with van der Waals surface area (Å²) in [6.07, 6.45) is 0.628. The minimum Gasteiger partial charge on any atom is -0.497 e. The average molecular weight is 418 g/mol. The third kappa shape index (κ3) is 2.37. The van der Waals surface area contributed by atoms with E-state index in [0.29, 0.717) is 17.2 Å². The van der Waals surface area contributed by atoms with Crippen molar-refractivity contribution in [2.75, 3.05) is 19.1 Å². The van der Waals surface area contributed by atoms with E-state index in [4.69, 9.17) is 14.3 Å². The highest BCUT2D eigenvalue weighted by Gasteiger charge is 2.70. The molecule has 158 valence electrons. The number of methoxy groups -OCH3 is 2. The van der Waals surface area contributed by atoms with Gasteiger partial charge >= 0.3 is 0 Å². The fraction of sp³-hybridized carbons (Fsp3) is 0.375. The van der Waals surface area contributed by atoms with Gasteiger partial charge < -0.3 is 14.3 Å². The molecule has 7 nitrogen and oxygen atoms in total. The van der Waals surface area contributed by atoms with Gasteiger partial charge in [0.1, 0.15) is 17.6 Å². The molecule has 2 aliphatic carbocycles. The quantitative estimate of drug-likeness (QED) is 0.714. The van der Waals surface area contributed by atoms with Crippen molar-refractivity contribution in [1.82, 2.24) is 0 Å². The van der Waals surface area contributed by atoms with Gasteiger partial charge in [0, 0.05) is 23.5 Å². The predicted octanol–water partition coefficient (Wildman–Crippen LogP) is 2.88. The molecule has 4 aliphatic rings. The van der Waals surface area contributed by atoms with Crippen molar-refractivity contribution in [3.05, 3.63) is 54.1 Å². The molecule has 0 aromatic heterocycles. The van der Waals surface area contributed by atoms with Gasteiger partial charge in [0.2, 0.25) is 11.8 Å². The van der Waals surface area contributed by atoms with Gasteiger partial charge in [-0.05, 0) is 36.6 Å². The van der Waals surface area contributed by atoms with E-state index in [1.165, 1.54) is 4.90 Å². The molecule has 2 saturated carbocycles. The summed E-state index contributed by atoms with van der Waals surface area (Å²) >= 11 is 0. The van der Waals surface area contributed by atoms with E-state index in [1.54, 1.807) is 14.2 Å². The maximum absolute atomic E-state index is 13.4. The van der Waals surface area contributed by atoms with E-state index in [9.17, 15) is 9.59 Å². The van der Waals surface area contributed by atoms with Crippen molar-refractivity contribution in [3.63, 3.8) is 0 Å². The summed E-state index contributed by atoms with van der Waals surface area (Å²) in [5.74, 6) is 0.490. The molecule has 2 heterocycles. The molecule has 1 saturated heterocycles. The largest absolute Gasteiger partial charge is 0.497 e. The van der Waals surface area contributed by atoms with Crippen molar-refractivity contribution in [1.29, 1.82) is 0 Å². The Kier molecular flexibility index (Phi) is 3.91. The van der Waals surface area contributed by atoms with Crippen LogP contribution in [0.25, 0.3) is 0 Å². The number of hydrogen-bond donors (Lipinski definition) is 0. The summed E-state index contributed by atoms with van der Waals surface area (Å²) in [6, 6.07) is 14.8. The Labute approximate surface area is 179 Å². The summed E-state index contributed by atoms with van der Waals surface area (Å²) in [7, 11) is 3.22. The molecule has 3 fully saturated rings. The fourth-order valence-electron chi connectivity index (χ4n) is 6.19. The van der Waals surface area contributed by atoms with E-state index in [2.05, 4.69) is 5.16 Å². The Bertz CT molecular complexity index is 1110. The number of ether oxygens (including phenoxy) is 2. The molecular formula is C24H22N2O5. The van der Waals surface area contributed by atoms with Gasteiger partial charge in [0.25, 0.3) is 0 Å². The molecule has 0 spiro atoms. The Morgan fingerprint density at radius 2 is 1.68 bits per heavy atom. The van der Waals surface area contributed by atoms with E-state index in [1.807, 2.05) is 48.5 Å². The van der Waals surface area contributed by atoms with Crippen LogP contribution in [0, 0.1) is 29.6 Å². The SMILES string of the molecule is COc1ccc(C2=NO[C@@H]3[C@H]4C[C@@H]([C@H]23)[C@@H]2C(=O)N(c3ccccc3)C(=O)[C@H]42)c(OC)c1. The Morgan fingerprint density at radius 1 is 0.935 bits per heavy atom. The molecule has 2 aromatic carbocycles. The number of hydrogen-bond acceptors (Lipinski definition) is 6. The molecule has 0 radical (unpaired) electrons. The average Bonchev–Trinajstić information content (AvgIpc) is 3.54. The van der Waals surface area contributed by atoms with Crippen molar-refractivity contribution in [2.24, 2.45) is 34.7 Å². The van der Waals surface area contributed by atoms with Gasteiger partial charge in [0.15, 0.2) is 0 Å². The number of fused-ring (bicyclic) bond motifs is 8. The zero-order chi connectivity index (χ0) is 21.3. The van der Waals surface area contributed by atoms with Crippen molar-refractivity contribution >= 4 is 23.2 Å². The van der Waals surface area contributed by atoms with Crippen LogP contribution in [0.3, 0.4) is 0 Å². The number of carbonyl (C=O) groups excluding carboxylic acids is 2. The first-order chi connectivity index (χ1) is 15.1. The monoisotopic (exact) mass is 418 g/mol. The van der Waals surface area contributed by atoms with Crippen LogP contribution in [0.15, 0.2) is 53.7 Å². The van der Waals surface area contributed by atoms with Crippen molar-refractivity contribution in [2.45, 2.75) is 12.5 Å². The molecule has 2 aliphatic heterocycles. The smallest absolute Gasteiger partial charge is 0.238 e. The van der Waals surface area contributed by atoms with Crippen molar-refractivity contribution < 1.29 is 23.9 Å². The summed E-state index contributed by atoms with van der Waals surface area (Å²) in [5.41, 5.74) is 2.29. The highest BCUT2D eigenvalue weighted by Crippen LogP contribution is 2.62. The van der Waals surface area contributed by atoms with Gasteiger partial charge in [0.05, 0.1) is 37.5 Å². The first kappa shape index (κ1) is 18.4. The zero-order valence-corrected chi connectivity index (χ0v) is 17.2.